The van der Waals surface area contributed by atoms with Crippen LogP contribution in [0.25, 0.3) is 22.4 Å². The van der Waals surface area contributed by atoms with Crippen molar-refractivity contribution in [3.63, 3.8) is 0 Å². The number of hydrogen-bond donors (Lipinski definition) is 2. The molecule has 0 atom stereocenters. The van der Waals surface area contributed by atoms with E-state index in [0.717, 1.165) is 16.8 Å². The molecule has 0 unspecified atom stereocenters. The molecular formula is C27H26N6O2. The van der Waals surface area contributed by atoms with Crippen LogP contribution in [0, 0.1) is 0 Å². The third-order valence-electron chi connectivity index (χ3n) is 5.60. The van der Waals surface area contributed by atoms with Crippen LogP contribution < -0.4 is 11.5 Å². The van der Waals surface area contributed by atoms with Gasteiger partial charge in [-0.05, 0) is 66.6 Å². The standard InChI is InChI=1S/C27H26N6O2/c1-33(2)27(35)19-5-9-24(31-15-19)23-14-20(16-32-26(23)29)18-11-12-30-22(13-18)8-10-25(34)17-3-6-21(28)7-4-17/h3-7,9,11-16H,8,10,28H2,1-2H3,(H2,29,32). The quantitative estimate of drug-likeness (QED) is 0.312. The van der Waals surface area contributed by atoms with Gasteiger partial charge in [0.2, 0.25) is 0 Å². The number of nitrogens with zero attached hydrogens (tertiary/aromatic N) is 4. The summed E-state index contributed by atoms with van der Waals surface area (Å²) in [7, 11) is 3.39. The number of carbonyl (C=O) groups excluding carboxylic acids is 2. The number of ketones is 1. The first-order valence-electron chi connectivity index (χ1n) is 11.1. The van der Waals surface area contributed by atoms with Crippen LogP contribution in [0.5, 0.6) is 0 Å². The molecule has 1 aromatic carbocycles. The second kappa shape index (κ2) is 10.1. The molecule has 4 aromatic rings. The van der Waals surface area contributed by atoms with Crippen molar-refractivity contribution in [2.75, 3.05) is 25.6 Å². The highest BCUT2D eigenvalue weighted by Crippen LogP contribution is 2.29. The molecule has 0 aliphatic heterocycles. The number of Topliss-reactive ketones (excluding diaryl/α,β-unsaturated/α-hetero) is 1. The van der Waals surface area contributed by atoms with Crippen molar-refractivity contribution in [2.45, 2.75) is 12.8 Å². The number of aryl methyl sites for hydroxylation is 1. The highest BCUT2D eigenvalue weighted by Gasteiger charge is 2.13. The molecule has 8 nitrogen and oxygen atoms in total. The normalized spacial score (nSPS) is 10.7. The van der Waals surface area contributed by atoms with Gasteiger partial charge in [0.05, 0.1) is 11.3 Å². The maximum atomic E-state index is 12.5. The lowest BCUT2D eigenvalue weighted by Gasteiger charge is -2.11. The third kappa shape index (κ3) is 5.50. The largest absolute Gasteiger partial charge is 0.399 e. The number of hydrogen-bond acceptors (Lipinski definition) is 7. The fourth-order valence-electron chi connectivity index (χ4n) is 3.63. The molecule has 0 saturated heterocycles. The summed E-state index contributed by atoms with van der Waals surface area (Å²) in [5, 5.41) is 0. The van der Waals surface area contributed by atoms with E-state index in [1.54, 1.807) is 62.9 Å². The van der Waals surface area contributed by atoms with Crippen molar-refractivity contribution in [3.05, 3.63) is 90.0 Å². The molecule has 35 heavy (non-hydrogen) atoms. The van der Waals surface area contributed by atoms with Gasteiger partial charge < -0.3 is 16.4 Å². The Bertz CT molecular complexity index is 1370. The Morgan fingerprint density at radius 2 is 1.57 bits per heavy atom. The molecule has 0 fully saturated rings. The van der Waals surface area contributed by atoms with Gasteiger partial charge in [-0.3, -0.25) is 19.6 Å². The topological polar surface area (TPSA) is 128 Å². The molecule has 0 bridgehead atoms. The summed E-state index contributed by atoms with van der Waals surface area (Å²) in [6.07, 6.45) is 5.80. The van der Waals surface area contributed by atoms with E-state index in [4.69, 9.17) is 11.5 Å². The van der Waals surface area contributed by atoms with Crippen LogP contribution in [-0.4, -0.2) is 45.6 Å². The number of amides is 1. The Hall–Kier alpha value is -4.59. The molecule has 3 aromatic heterocycles. The van der Waals surface area contributed by atoms with Gasteiger partial charge in [0.1, 0.15) is 5.82 Å². The summed E-state index contributed by atoms with van der Waals surface area (Å²) >= 11 is 0. The first-order valence-corrected chi connectivity index (χ1v) is 11.1. The van der Waals surface area contributed by atoms with E-state index >= 15 is 0 Å². The summed E-state index contributed by atoms with van der Waals surface area (Å²) in [6, 6.07) is 16.1. The lowest BCUT2D eigenvalue weighted by Crippen LogP contribution is -2.21. The SMILES string of the molecule is CN(C)C(=O)c1ccc(-c2cc(-c3ccnc(CCC(=O)c4ccc(N)cc4)c3)cnc2N)nc1. The number of nitrogen functional groups attached to an aromatic ring is 2. The average molecular weight is 467 g/mol. The van der Waals surface area contributed by atoms with Crippen LogP contribution >= 0.6 is 0 Å². The minimum absolute atomic E-state index is 0.0379. The molecule has 0 saturated carbocycles. The molecule has 4 N–H and O–H groups in total. The van der Waals surface area contributed by atoms with Gasteiger partial charge in [-0.25, -0.2) is 4.98 Å². The molecule has 176 valence electrons. The fraction of sp³-hybridized carbons (Fsp3) is 0.148. The minimum Gasteiger partial charge on any atom is -0.399 e. The molecule has 8 heteroatoms. The lowest BCUT2D eigenvalue weighted by molar-refractivity contribution is 0.0827. The number of anilines is 2. The predicted octanol–water partition coefficient (Wildman–Crippen LogP) is 3.89. The third-order valence-corrected chi connectivity index (χ3v) is 5.60. The summed E-state index contributed by atoms with van der Waals surface area (Å²) in [5.41, 5.74) is 17.4. The van der Waals surface area contributed by atoms with Crippen LogP contribution in [0.1, 0.15) is 32.8 Å². The van der Waals surface area contributed by atoms with Gasteiger partial charge >= 0.3 is 0 Å². The monoisotopic (exact) mass is 466 g/mol. The second-order valence-electron chi connectivity index (χ2n) is 8.37. The summed E-state index contributed by atoms with van der Waals surface area (Å²) < 4.78 is 0. The first kappa shape index (κ1) is 23.6. The molecule has 4 rings (SSSR count). The van der Waals surface area contributed by atoms with Crippen molar-refractivity contribution < 1.29 is 9.59 Å². The van der Waals surface area contributed by atoms with Crippen LogP contribution in [0.15, 0.2) is 73.2 Å². The van der Waals surface area contributed by atoms with Crippen LogP contribution in [0.4, 0.5) is 11.5 Å². The molecule has 1 amide bonds. The zero-order valence-electron chi connectivity index (χ0n) is 19.6. The summed E-state index contributed by atoms with van der Waals surface area (Å²) in [5.74, 6) is 0.260. The molecule has 0 spiro atoms. The van der Waals surface area contributed by atoms with Gasteiger partial charge in [-0.15, -0.1) is 0 Å². The maximum absolute atomic E-state index is 12.5. The number of carbonyl (C=O) groups is 2. The van der Waals surface area contributed by atoms with Crippen molar-refractivity contribution in [1.29, 1.82) is 0 Å². The van der Waals surface area contributed by atoms with Crippen molar-refractivity contribution in [3.8, 4) is 22.4 Å². The van der Waals surface area contributed by atoms with Gasteiger partial charge in [0.15, 0.2) is 5.78 Å². The second-order valence-corrected chi connectivity index (χ2v) is 8.37. The van der Waals surface area contributed by atoms with Crippen molar-refractivity contribution >= 4 is 23.2 Å². The van der Waals surface area contributed by atoms with Crippen molar-refractivity contribution in [2.24, 2.45) is 0 Å². The van der Waals surface area contributed by atoms with E-state index < -0.39 is 0 Å². The lowest BCUT2D eigenvalue weighted by atomic mass is 10.0. The Morgan fingerprint density at radius 3 is 2.26 bits per heavy atom. The zero-order valence-corrected chi connectivity index (χ0v) is 19.6. The van der Waals surface area contributed by atoms with E-state index in [0.29, 0.717) is 46.7 Å². The Morgan fingerprint density at radius 1 is 0.829 bits per heavy atom. The van der Waals surface area contributed by atoms with E-state index in [1.807, 2.05) is 18.2 Å². The molecule has 0 aliphatic carbocycles. The van der Waals surface area contributed by atoms with E-state index in [1.165, 1.54) is 11.1 Å². The van der Waals surface area contributed by atoms with Gasteiger partial charge in [-0.2, -0.15) is 0 Å². The molecule has 0 radical (unpaired) electrons. The highest BCUT2D eigenvalue weighted by molar-refractivity contribution is 5.96. The maximum Gasteiger partial charge on any atom is 0.254 e. The van der Waals surface area contributed by atoms with Crippen LogP contribution in [0.3, 0.4) is 0 Å². The fourth-order valence-corrected chi connectivity index (χ4v) is 3.63. The van der Waals surface area contributed by atoms with E-state index in [-0.39, 0.29) is 11.7 Å². The minimum atomic E-state index is -0.122. The van der Waals surface area contributed by atoms with Gasteiger partial charge in [-0.1, -0.05) is 0 Å². The number of rotatable bonds is 7. The van der Waals surface area contributed by atoms with E-state index in [9.17, 15) is 9.59 Å². The van der Waals surface area contributed by atoms with Gasteiger partial charge in [0, 0.05) is 67.2 Å². The highest BCUT2D eigenvalue weighted by atomic mass is 16.2. The van der Waals surface area contributed by atoms with Crippen LogP contribution in [-0.2, 0) is 6.42 Å². The number of pyridine rings is 3. The Balaban J connectivity index is 1.53. The number of aromatic nitrogens is 3. The zero-order chi connectivity index (χ0) is 24.9. The number of benzene rings is 1. The number of nitrogens with two attached hydrogens (primary N) is 2. The van der Waals surface area contributed by atoms with E-state index in [2.05, 4.69) is 15.0 Å². The van der Waals surface area contributed by atoms with Crippen molar-refractivity contribution in [1.82, 2.24) is 19.9 Å². The summed E-state index contributed by atoms with van der Waals surface area (Å²) in [6.45, 7) is 0. The molecular weight excluding hydrogens is 440 g/mol. The summed E-state index contributed by atoms with van der Waals surface area (Å²) in [4.78, 5) is 39.3. The molecule has 0 aliphatic rings. The first-order chi connectivity index (χ1) is 16.8. The predicted molar refractivity (Wildman–Crippen MR) is 137 cm³/mol. The average Bonchev–Trinajstić information content (AvgIpc) is 2.88. The van der Waals surface area contributed by atoms with Crippen LogP contribution in [0.2, 0.25) is 0 Å². The Labute approximate surface area is 203 Å². The molecule has 3 heterocycles. The van der Waals surface area contributed by atoms with Gasteiger partial charge in [0.25, 0.3) is 5.91 Å². The Kier molecular flexibility index (Phi) is 6.82. The smallest absolute Gasteiger partial charge is 0.254 e.